The van der Waals surface area contributed by atoms with Crippen molar-refractivity contribution in [1.82, 2.24) is 4.98 Å². The molecule has 2 N–H and O–H groups in total. The quantitative estimate of drug-likeness (QED) is 0.243. The number of aromatic nitrogens is 1. The Kier molecular flexibility index (Phi) is 8.03. The molecule has 11 heteroatoms. The van der Waals surface area contributed by atoms with Crippen LogP contribution in [0.15, 0.2) is 77.2 Å². The van der Waals surface area contributed by atoms with Gasteiger partial charge in [-0.05, 0) is 66.3 Å². The number of carbonyl (C=O) groups excluding carboxylic acids is 2. The molecular formula is C30H26ClF3N4O3. The Morgan fingerprint density at radius 2 is 1.61 bits per heavy atom. The lowest BCUT2D eigenvalue weighted by Gasteiger charge is -2.29. The molecule has 1 aliphatic heterocycles. The molecule has 2 heterocycles. The molecule has 7 nitrogen and oxygen atoms in total. The summed E-state index contributed by atoms with van der Waals surface area (Å²) in [6.45, 7) is 3.02. The second-order valence-corrected chi connectivity index (χ2v) is 10.3. The molecule has 1 fully saturated rings. The summed E-state index contributed by atoms with van der Waals surface area (Å²) in [5, 5.41) is 5.67. The molecule has 1 atom stereocenters. The Morgan fingerprint density at radius 1 is 0.951 bits per heavy atom. The molecule has 2 amide bonds. The summed E-state index contributed by atoms with van der Waals surface area (Å²) < 4.78 is 46.5. The van der Waals surface area contributed by atoms with E-state index in [1.807, 2.05) is 6.92 Å². The van der Waals surface area contributed by atoms with Crippen molar-refractivity contribution in [2.45, 2.75) is 25.9 Å². The zero-order valence-corrected chi connectivity index (χ0v) is 22.7. The van der Waals surface area contributed by atoms with E-state index in [1.54, 1.807) is 77.7 Å². The number of nitrogens with zero attached hydrogens (tertiary/aromatic N) is 2. The number of carbonyl (C=O) groups is 2. The van der Waals surface area contributed by atoms with Crippen LogP contribution in [0.25, 0.3) is 11.1 Å². The van der Waals surface area contributed by atoms with Gasteiger partial charge in [0.2, 0.25) is 5.76 Å². The molecule has 41 heavy (non-hydrogen) atoms. The van der Waals surface area contributed by atoms with Crippen LogP contribution < -0.4 is 15.5 Å². The third-order valence-corrected chi connectivity index (χ3v) is 7.09. The fourth-order valence-electron chi connectivity index (χ4n) is 4.66. The number of benzene rings is 3. The van der Waals surface area contributed by atoms with Gasteiger partial charge < -0.3 is 20.0 Å². The first kappa shape index (κ1) is 28.2. The second-order valence-electron chi connectivity index (χ2n) is 9.91. The van der Waals surface area contributed by atoms with Gasteiger partial charge >= 0.3 is 6.18 Å². The lowest BCUT2D eigenvalue weighted by molar-refractivity contribution is -0.141. The summed E-state index contributed by atoms with van der Waals surface area (Å²) in [7, 11) is 0. The van der Waals surface area contributed by atoms with Crippen molar-refractivity contribution in [2.24, 2.45) is 5.92 Å². The van der Waals surface area contributed by atoms with Gasteiger partial charge in [-0.2, -0.15) is 18.2 Å². The number of amides is 2. The van der Waals surface area contributed by atoms with Crippen LogP contribution >= 0.6 is 11.6 Å². The van der Waals surface area contributed by atoms with E-state index in [0.717, 1.165) is 24.0 Å². The number of halogens is 4. The van der Waals surface area contributed by atoms with E-state index >= 15 is 0 Å². The number of hydrogen-bond donors (Lipinski definition) is 2. The summed E-state index contributed by atoms with van der Waals surface area (Å²) in [5.74, 6) is -1.95. The molecule has 0 radical (unpaired) electrons. The van der Waals surface area contributed by atoms with Gasteiger partial charge in [-0.1, -0.05) is 54.9 Å². The maximum Gasteiger partial charge on any atom is 0.437 e. The minimum Gasteiger partial charge on any atom is -0.417 e. The van der Waals surface area contributed by atoms with Crippen LogP contribution in [0.1, 0.15) is 46.4 Å². The van der Waals surface area contributed by atoms with Crippen LogP contribution in [0.5, 0.6) is 0 Å². The van der Waals surface area contributed by atoms with E-state index in [0.29, 0.717) is 29.4 Å². The number of alkyl halides is 3. The van der Waals surface area contributed by atoms with Crippen molar-refractivity contribution < 1.29 is 27.2 Å². The molecule has 0 saturated carbocycles. The molecule has 4 aromatic rings. The number of anilines is 3. The van der Waals surface area contributed by atoms with Crippen LogP contribution in [0.3, 0.4) is 0 Å². The van der Waals surface area contributed by atoms with Gasteiger partial charge in [0, 0.05) is 24.3 Å². The maximum atomic E-state index is 13.7. The highest BCUT2D eigenvalue weighted by Gasteiger charge is 2.42. The van der Waals surface area contributed by atoms with Crippen molar-refractivity contribution >= 4 is 40.8 Å². The number of nitrogens with one attached hydrogen (secondary N) is 2. The minimum atomic E-state index is -4.85. The zero-order valence-electron chi connectivity index (χ0n) is 22.0. The van der Waals surface area contributed by atoms with E-state index in [9.17, 15) is 22.8 Å². The molecule has 1 aliphatic rings. The zero-order chi connectivity index (χ0) is 29.1. The first-order valence-corrected chi connectivity index (χ1v) is 13.4. The smallest absolute Gasteiger partial charge is 0.417 e. The first-order chi connectivity index (χ1) is 19.6. The number of piperidine rings is 1. The van der Waals surface area contributed by atoms with Gasteiger partial charge in [-0.15, -0.1) is 0 Å². The predicted molar refractivity (Wildman–Crippen MR) is 151 cm³/mol. The first-order valence-electron chi connectivity index (χ1n) is 13.0. The third kappa shape index (κ3) is 6.54. The van der Waals surface area contributed by atoms with Crippen LogP contribution in [0.4, 0.5) is 30.6 Å². The van der Waals surface area contributed by atoms with E-state index in [-0.39, 0.29) is 23.5 Å². The lowest BCUT2D eigenvalue weighted by atomic mass is 10.0. The largest absolute Gasteiger partial charge is 0.437 e. The van der Waals surface area contributed by atoms with Gasteiger partial charge in [-0.25, -0.2) is 0 Å². The van der Waals surface area contributed by atoms with Gasteiger partial charge in [-0.3, -0.25) is 9.59 Å². The molecule has 212 valence electrons. The average Bonchev–Trinajstić information content (AvgIpc) is 3.42. The Hall–Kier alpha value is -4.31. The van der Waals surface area contributed by atoms with E-state index in [2.05, 4.69) is 15.6 Å². The summed E-state index contributed by atoms with van der Waals surface area (Å²) in [5.41, 5.74) is 1.45. The SMILES string of the molecule is CC1CCCN(c2nc(C(F)(F)F)c(C(=O)Nc3ccc(-c4ccc(C(=O)Nc5ccccc5Cl)cc4)cc3)o2)C1. The summed E-state index contributed by atoms with van der Waals surface area (Å²) in [6.07, 6.45) is -3.08. The number of hydrogen-bond acceptors (Lipinski definition) is 5. The van der Waals surface area contributed by atoms with Crippen LogP contribution in [-0.4, -0.2) is 29.9 Å². The van der Waals surface area contributed by atoms with Crippen molar-refractivity contribution in [2.75, 3.05) is 28.6 Å². The van der Waals surface area contributed by atoms with Crippen molar-refractivity contribution in [1.29, 1.82) is 0 Å². The highest BCUT2D eigenvalue weighted by Crippen LogP contribution is 2.35. The topological polar surface area (TPSA) is 87.5 Å². The minimum absolute atomic E-state index is 0.201. The molecule has 1 saturated heterocycles. The second kappa shape index (κ2) is 11.7. The molecule has 0 bridgehead atoms. The molecule has 1 unspecified atom stereocenters. The highest BCUT2D eigenvalue weighted by molar-refractivity contribution is 6.33. The Bertz CT molecular complexity index is 1550. The number of para-hydroxylation sites is 1. The molecule has 3 aromatic carbocycles. The molecule has 0 spiro atoms. The summed E-state index contributed by atoms with van der Waals surface area (Å²) in [6, 6.07) is 20.1. The van der Waals surface area contributed by atoms with Crippen LogP contribution in [0.2, 0.25) is 5.02 Å². The van der Waals surface area contributed by atoms with E-state index in [1.165, 1.54) is 0 Å². The normalized spacial score (nSPS) is 15.4. The van der Waals surface area contributed by atoms with Gasteiger partial charge in [0.1, 0.15) is 0 Å². The maximum absolute atomic E-state index is 13.7. The van der Waals surface area contributed by atoms with Gasteiger partial charge in [0.05, 0.1) is 10.7 Å². The lowest BCUT2D eigenvalue weighted by Crippen LogP contribution is -2.34. The Balaban J connectivity index is 1.27. The Labute approximate surface area is 239 Å². The summed E-state index contributed by atoms with van der Waals surface area (Å²) >= 11 is 6.10. The molecule has 5 rings (SSSR count). The fraction of sp³-hybridized carbons (Fsp3) is 0.233. The van der Waals surface area contributed by atoms with Gasteiger partial charge in [0.15, 0.2) is 5.69 Å². The number of rotatable bonds is 6. The fourth-order valence-corrected chi connectivity index (χ4v) is 4.84. The van der Waals surface area contributed by atoms with Crippen LogP contribution in [0, 0.1) is 5.92 Å². The predicted octanol–water partition coefficient (Wildman–Crippen LogP) is 7.75. The molecule has 0 aliphatic carbocycles. The molecule has 1 aromatic heterocycles. The van der Waals surface area contributed by atoms with Gasteiger partial charge in [0.25, 0.3) is 17.8 Å². The van der Waals surface area contributed by atoms with Crippen molar-refractivity contribution in [3.05, 3.63) is 94.8 Å². The molecular weight excluding hydrogens is 557 g/mol. The van der Waals surface area contributed by atoms with Crippen molar-refractivity contribution in [3.63, 3.8) is 0 Å². The van der Waals surface area contributed by atoms with Crippen LogP contribution in [-0.2, 0) is 6.18 Å². The summed E-state index contributed by atoms with van der Waals surface area (Å²) in [4.78, 5) is 30.7. The van der Waals surface area contributed by atoms with E-state index < -0.39 is 23.5 Å². The third-order valence-electron chi connectivity index (χ3n) is 6.76. The average molecular weight is 583 g/mol. The number of oxazole rings is 1. The monoisotopic (exact) mass is 582 g/mol. The Morgan fingerprint density at radius 3 is 2.24 bits per heavy atom. The van der Waals surface area contributed by atoms with E-state index in [4.69, 9.17) is 16.0 Å². The van der Waals surface area contributed by atoms with Crippen molar-refractivity contribution in [3.8, 4) is 11.1 Å². The standard InChI is InChI=1S/C30H26ClF3N4O3/c1-18-5-4-16-38(17-18)29-37-26(30(32,33)34)25(41-29)28(40)35-22-14-12-20(13-15-22)19-8-10-21(11-9-19)27(39)36-24-7-3-2-6-23(24)31/h2-3,6-15,18H,4-5,16-17H2,1H3,(H,35,40)(H,36,39). The highest BCUT2D eigenvalue weighted by atomic mass is 35.5.